The molecule has 5 heteroatoms. The highest BCUT2D eigenvalue weighted by Gasteiger charge is 2.06. The normalized spacial score (nSPS) is 11.1. The van der Waals surface area contributed by atoms with E-state index in [-0.39, 0.29) is 11.3 Å². The van der Waals surface area contributed by atoms with Crippen molar-refractivity contribution in [1.82, 2.24) is 0 Å². The molecule has 0 atom stereocenters. The van der Waals surface area contributed by atoms with E-state index in [0.717, 1.165) is 24.4 Å². The van der Waals surface area contributed by atoms with E-state index in [1.807, 2.05) is 0 Å². The predicted molar refractivity (Wildman–Crippen MR) is 60.0 cm³/mol. The van der Waals surface area contributed by atoms with Crippen molar-refractivity contribution in [2.75, 3.05) is 0 Å². The number of hydrogen-bond donors (Lipinski definition) is 0. The molecule has 0 N–H and O–H groups in total. The first kappa shape index (κ1) is 12.3. The lowest BCUT2D eigenvalue weighted by atomic mass is 10.2. The molecular formula is C13H7F4N. The fourth-order valence-corrected chi connectivity index (χ4v) is 1.34. The monoisotopic (exact) mass is 253 g/mol. The SMILES string of the molecule is Fc1ccc(C=Nc2cccc(F)c2F)c(F)c1. The number of benzene rings is 2. The first-order valence-corrected chi connectivity index (χ1v) is 5.01. The Labute approximate surface area is 100 Å². The van der Waals surface area contributed by atoms with E-state index in [2.05, 4.69) is 4.99 Å². The highest BCUT2D eigenvalue weighted by atomic mass is 19.2. The molecule has 0 saturated heterocycles. The zero-order valence-electron chi connectivity index (χ0n) is 9.00. The lowest BCUT2D eigenvalue weighted by Crippen LogP contribution is -1.90. The van der Waals surface area contributed by atoms with Gasteiger partial charge in [0.25, 0.3) is 0 Å². The highest BCUT2D eigenvalue weighted by molar-refractivity contribution is 5.82. The quantitative estimate of drug-likeness (QED) is 0.566. The molecule has 0 aliphatic rings. The van der Waals surface area contributed by atoms with Gasteiger partial charge in [0.2, 0.25) is 0 Å². The zero-order chi connectivity index (χ0) is 13.1. The summed E-state index contributed by atoms with van der Waals surface area (Å²) in [5.74, 6) is -3.70. The Morgan fingerprint density at radius 1 is 0.889 bits per heavy atom. The molecule has 0 amide bonds. The van der Waals surface area contributed by atoms with Crippen LogP contribution in [0.2, 0.25) is 0 Å². The first-order chi connectivity index (χ1) is 8.58. The van der Waals surface area contributed by atoms with Gasteiger partial charge in [-0.25, -0.2) is 17.6 Å². The van der Waals surface area contributed by atoms with Crippen molar-refractivity contribution >= 4 is 11.9 Å². The van der Waals surface area contributed by atoms with E-state index < -0.39 is 23.3 Å². The van der Waals surface area contributed by atoms with Gasteiger partial charge >= 0.3 is 0 Å². The van der Waals surface area contributed by atoms with Gasteiger partial charge in [-0.15, -0.1) is 0 Å². The number of aliphatic imine (C=N–C) groups is 1. The van der Waals surface area contributed by atoms with Crippen LogP contribution in [0.5, 0.6) is 0 Å². The van der Waals surface area contributed by atoms with Crippen LogP contribution in [-0.4, -0.2) is 6.21 Å². The van der Waals surface area contributed by atoms with Crippen LogP contribution in [0.4, 0.5) is 23.2 Å². The number of halogens is 4. The van der Waals surface area contributed by atoms with E-state index in [4.69, 9.17) is 0 Å². The van der Waals surface area contributed by atoms with Crippen LogP contribution in [0.15, 0.2) is 41.4 Å². The van der Waals surface area contributed by atoms with Crippen molar-refractivity contribution in [3.8, 4) is 0 Å². The van der Waals surface area contributed by atoms with Crippen LogP contribution in [-0.2, 0) is 0 Å². The summed E-state index contributed by atoms with van der Waals surface area (Å²) in [4.78, 5) is 3.62. The van der Waals surface area contributed by atoms with E-state index >= 15 is 0 Å². The maximum Gasteiger partial charge on any atom is 0.184 e. The van der Waals surface area contributed by atoms with Crippen LogP contribution in [0.25, 0.3) is 0 Å². The molecule has 0 aliphatic carbocycles. The van der Waals surface area contributed by atoms with Crippen molar-refractivity contribution < 1.29 is 17.6 Å². The second kappa shape index (κ2) is 5.00. The van der Waals surface area contributed by atoms with E-state index in [1.165, 1.54) is 12.1 Å². The highest BCUT2D eigenvalue weighted by Crippen LogP contribution is 2.20. The smallest absolute Gasteiger partial charge is 0.184 e. The Hall–Kier alpha value is -2.17. The van der Waals surface area contributed by atoms with Gasteiger partial charge in [-0.05, 0) is 24.3 Å². The van der Waals surface area contributed by atoms with E-state index in [1.54, 1.807) is 0 Å². The van der Waals surface area contributed by atoms with E-state index in [9.17, 15) is 17.6 Å². The van der Waals surface area contributed by atoms with Gasteiger partial charge < -0.3 is 0 Å². The number of hydrogen-bond acceptors (Lipinski definition) is 1. The standard InChI is InChI=1S/C13H7F4N/c14-9-5-4-8(11(16)6-9)7-18-12-3-1-2-10(15)13(12)17/h1-7H. The summed E-state index contributed by atoms with van der Waals surface area (Å²) < 4.78 is 52.0. The summed E-state index contributed by atoms with van der Waals surface area (Å²) in [6, 6.07) is 6.37. The minimum atomic E-state index is -1.11. The molecule has 0 aliphatic heterocycles. The molecule has 92 valence electrons. The Bertz CT molecular complexity index is 608. The van der Waals surface area contributed by atoms with Crippen molar-refractivity contribution in [2.45, 2.75) is 0 Å². The van der Waals surface area contributed by atoms with Crippen molar-refractivity contribution in [1.29, 1.82) is 0 Å². The molecule has 0 saturated carbocycles. The molecule has 0 bridgehead atoms. The first-order valence-electron chi connectivity index (χ1n) is 5.01. The fourth-order valence-electron chi connectivity index (χ4n) is 1.34. The summed E-state index contributed by atoms with van der Waals surface area (Å²) in [5, 5.41) is 0. The summed E-state index contributed by atoms with van der Waals surface area (Å²) in [5.41, 5.74) is -0.265. The third kappa shape index (κ3) is 2.56. The zero-order valence-corrected chi connectivity index (χ0v) is 9.00. The average Bonchev–Trinajstić information content (AvgIpc) is 2.33. The predicted octanol–water partition coefficient (Wildman–Crippen LogP) is 3.99. The Morgan fingerprint density at radius 2 is 1.67 bits per heavy atom. The largest absolute Gasteiger partial charge is 0.253 e. The second-order valence-corrected chi connectivity index (χ2v) is 3.50. The summed E-state index contributed by atoms with van der Waals surface area (Å²) in [6.45, 7) is 0. The fraction of sp³-hybridized carbons (Fsp3) is 0. The lowest BCUT2D eigenvalue weighted by molar-refractivity contribution is 0.510. The maximum atomic E-state index is 13.2. The van der Waals surface area contributed by atoms with Gasteiger partial charge in [0.1, 0.15) is 17.3 Å². The second-order valence-electron chi connectivity index (χ2n) is 3.50. The van der Waals surface area contributed by atoms with Gasteiger partial charge in [0.15, 0.2) is 11.6 Å². The number of nitrogens with zero attached hydrogens (tertiary/aromatic N) is 1. The Balaban J connectivity index is 2.33. The van der Waals surface area contributed by atoms with Crippen molar-refractivity contribution in [3.05, 3.63) is 65.2 Å². The molecule has 2 rings (SSSR count). The van der Waals surface area contributed by atoms with Crippen LogP contribution in [0, 0.1) is 23.3 Å². The van der Waals surface area contributed by atoms with Crippen molar-refractivity contribution in [2.24, 2.45) is 4.99 Å². The van der Waals surface area contributed by atoms with Crippen molar-refractivity contribution in [3.63, 3.8) is 0 Å². The third-order valence-electron chi connectivity index (χ3n) is 2.24. The number of rotatable bonds is 2. The van der Waals surface area contributed by atoms with Gasteiger partial charge in [-0.2, -0.15) is 0 Å². The topological polar surface area (TPSA) is 12.4 Å². The minimum absolute atomic E-state index is 0.0138. The average molecular weight is 253 g/mol. The van der Waals surface area contributed by atoms with Gasteiger partial charge in [-0.1, -0.05) is 6.07 Å². The van der Waals surface area contributed by atoms with Crippen LogP contribution < -0.4 is 0 Å². The molecule has 18 heavy (non-hydrogen) atoms. The molecule has 0 spiro atoms. The summed E-state index contributed by atoms with van der Waals surface area (Å²) in [6.07, 6.45) is 1.01. The summed E-state index contributed by atoms with van der Waals surface area (Å²) in [7, 11) is 0. The molecule has 2 aromatic carbocycles. The Morgan fingerprint density at radius 3 is 2.39 bits per heavy atom. The van der Waals surface area contributed by atoms with Gasteiger partial charge in [0, 0.05) is 17.8 Å². The van der Waals surface area contributed by atoms with Gasteiger partial charge in [-0.3, -0.25) is 4.99 Å². The molecule has 1 nitrogen and oxygen atoms in total. The molecule has 0 radical (unpaired) electrons. The van der Waals surface area contributed by atoms with Crippen LogP contribution in [0.1, 0.15) is 5.56 Å². The van der Waals surface area contributed by atoms with Crippen LogP contribution in [0.3, 0.4) is 0 Å². The van der Waals surface area contributed by atoms with Crippen LogP contribution >= 0.6 is 0 Å². The third-order valence-corrected chi connectivity index (χ3v) is 2.24. The molecule has 0 aromatic heterocycles. The van der Waals surface area contributed by atoms with Gasteiger partial charge in [0.05, 0.1) is 0 Å². The molecule has 0 unspecified atom stereocenters. The Kier molecular flexibility index (Phi) is 3.41. The van der Waals surface area contributed by atoms with E-state index in [0.29, 0.717) is 6.07 Å². The molecule has 2 aromatic rings. The molecule has 0 fully saturated rings. The minimum Gasteiger partial charge on any atom is -0.253 e. The molecular weight excluding hydrogens is 246 g/mol. The summed E-state index contributed by atoms with van der Waals surface area (Å²) >= 11 is 0. The lowest BCUT2D eigenvalue weighted by Gasteiger charge is -1.98. The molecule has 0 heterocycles. The maximum absolute atomic E-state index is 13.2.